The first-order valence-corrected chi connectivity index (χ1v) is 7.07. The van der Waals surface area contributed by atoms with Crippen molar-refractivity contribution < 1.29 is 9.47 Å². The van der Waals surface area contributed by atoms with Crippen LogP contribution in [0.2, 0.25) is 0 Å². The van der Waals surface area contributed by atoms with E-state index in [9.17, 15) is 0 Å². The summed E-state index contributed by atoms with van der Waals surface area (Å²) in [5, 5.41) is 0. The number of halogens is 1. The highest BCUT2D eigenvalue weighted by Gasteiger charge is 2.09. The molecule has 0 atom stereocenters. The first-order valence-electron chi connectivity index (χ1n) is 6.27. The maximum Gasteiger partial charge on any atom is 0.137 e. The van der Waals surface area contributed by atoms with E-state index >= 15 is 0 Å². The van der Waals surface area contributed by atoms with Crippen LogP contribution in [0.3, 0.4) is 0 Å². The van der Waals surface area contributed by atoms with Crippen LogP contribution in [0.1, 0.15) is 18.1 Å². The van der Waals surface area contributed by atoms with Crippen LogP contribution in [0, 0.1) is 0 Å². The highest BCUT2D eigenvalue weighted by molar-refractivity contribution is 9.10. The lowest BCUT2D eigenvalue weighted by molar-refractivity contribution is 0.301. The van der Waals surface area contributed by atoms with Crippen molar-refractivity contribution in [3.63, 3.8) is 0 Å². The Balaban J connectivity index is 2.16. The average Bonchev–Trinajstić information content (AvgIpc) is 2.46. The van der Waals surface area contributed by atoms with Gasteiger partial charge in [-0.3, -0.25) is 0 Å². The van der Waals surface area contributed by atoms with Gasteiger partial charge in [-0.1, -0.05) is 37.3 Å². The Bertz CT molecular complexity index is 538. The molecule has 0 bridgehead atoms. The molecule has 0 aliphatic carbocycles. The number of methoxy groups -OCH3 is 1. The largest absolute Gasteiger partial charge is 0.496 e. The quantitative estimate of drug-likeness (QED) is 0.801. The van der Waals surface area contributed by atoms with E-state index < -0.39 is 0 Å². The fourth-order valence-corrected chi connectivity index (χ4v) is 2.39. The van der Waals surface area contributed by atoms with E-state index in [0.29, 0.717) is 6.61 Å². The summed E-state index contributed by atoms with van der Waals surface area (Å²) in [5.74, 6) is 1.67. The molecule has 0 aromatic heterocycles. The Morgan fingerprint density at radius 1 is 1.05 bits per heavy atom. The zero-order chi connectivity index (χ0) is 13.7. The van der Waals surface area contributed by atoms with Gasteiger partial charge in [0.2, 0.25) is 0 Å². The van der Waals surface area contributed by atoms with Crippen LogP contribution in [0.5, 0.6) is 11.5 Å². The number of rotatable bonds is 5. The molecule has 0 radical (unpaired) electrons. The number of ether oxygens (including phenoxy) is 2. The van der Waals surface area contributed by atoms with Gasteiger partial charge in [0, 0.05) is 6.07 Å². The van der Waals surface area contributed by atoms with Crippen molar-refractivity contribution in [2.45, 2.75) is 20.0 Å². The zero-order valence-corrected chi connectivity index (χ0v) is 12.7. The molecule has 0 amide bonds. The van der Waals surface area contributed by atoms with Crippen LogP contribution >= 0.6 is 15.9 Å². The molecule has 0 N–H and O–H groups in total. The summed E-state index contributed by atoms with van der Waals surface area (Å²) in [6, 6.07) is 14.1. The second-order valence-electron chi connectivity index (χ2n) is 4.22. The van der Waals surface area contributed by atoms with Crippen LogP contribution in [-0.2, 0) is 13.0 Å². The lowest BCUT2D eigenvalue weighted by atomic mass is 10.1. The average molecular weight is 321 g/mol. The SMILES string of the molecule is CCc1cc(Br)c(OCc2ccccc2)cc1OC. The summed E-state index contributed by atoms with van der Waals surface area (Å²) in [4.78, 5) is 0. The van der Waals surface area contributed by atoms with Crippen LogP contribution in [-0.4, -0.2) is 7.11 Å². The van der Waals surface area contributed by atoms with Gasteiger partial charge in [-0.05, 0) is 39.5 Å². The standard InChI is InChI=1S/C16H17BrO2/c1-3-13-9-14(17)16(10-15(13)18-2)19-11-12-7-5-4-6-8-12/h4-10H,3,11H2,1-2H3. The van der Waals surface area contributed by atoms with Gasteiger partial charge in [0.05, 0.1) is 11.6 Å². The minimum absolute atomic E-state index is 0.550. The topological polar surface area (TPSA) is 18.5 Å². The first-order chi connectivity index (χ1) is 9.24. The fraction of sp³-hybridized carbons (Fsp3) is 0.250. The van der Waals surface area contributed by atoms with Gasteiger partial charge in [-0.15, -0.1) is 0 Å². The Morgan fingerprint density at radius 3 is 2.42 bits per heavy atom. The molecule has 2 aromatic carbocycles. The van der Waals surface area contributed by atoms with Gasteiger partial charge in [0.1, 0.15) is 18.1 Å². The van der Waals surface area contributed by atoms with E-state index in [0.717, 1.165) is 28.0 Å². The van der Waals surface area contributed by atoms with E-state index in [1.165, 1.54) is 5.56 Å². The Hall–Kier alpha value is -1.48. The molecule has 2 nitrogen and oxygen atoms in total. The van der Waals surface area contributed by atoms with Crippen molar-refractivity contribution in [1.29, 1.82) is 0 Å². The predicted molar refractivity (Wildman–Crippen MR) is 80.8 cm³/mol. The predicted octanol–water partition coefficient (Wildman–Crippen LogP) is 4.60. The Kier molecular flexibility index (Phi) is 4.86. The van der Waals surface area contributed by atoms with Crippen molar-refractivity contribution in [3.8, 4) is 11.5 Å². The van der Waals surface area contributed by atoms with Crippen molar-refractivity contribution in [2.75, 3.05) is 7.11 Å². The van der Waals surface area contributed by atoms with Crippen molar-refractivity contribution >= 4 is 15.9 Å². The third-order valence-electron chi connectivity index (χ3n) is 2.95. The maximum absolute atomic E-state index is 5.84. The lowest BCUT2D eigenvalue weighted by Crippen LogP contribution is -1.98. The smallest absolute Gasteiger partial charge is 0.137 e. The zero-order valence-electron chi connectivity index (χ0n) is 11.2. The molecule has 0 fully saturated rings. The van der Waals surface area contributed by atoms with Crippen LogP contribution < -0.4 is 9.47 Å². The summed E-state index contributed by atoms with van der Waals surface area (Å²) in [5.41, 5.74) is 2.31. The van der Waals surface area contributed by atoms with Gasteiger partial charge in [0.15, 0.2) is 0 Å². The molecule has 19 heavy (non-hydrogen) atoms. The van der Waals surface area contributed by atoms with E-state index in [1.807, 2.05) is 36.4 Å². The molecule has 0 saturated carbocycles. The van der Waals surface area contributed by atoms with Gasteiger partial charge in [-0.2, -0.15) is 0 Å². The Morgan fingerprint density at radius 2 is 1.79 bits per heavy atom. The second-order valence-corrected chi connectivity index (χ2v) is 5.08. The van der Waals surface area contributed by atoms with Crippen molar-refractivity contribution in [1.82, 2.24) is 0 Å². The molecular formula is C16H17BrO2. The molecule has 3 heteroatoms. The third-order valence-corrected chi connectivity index (χ3v) is 3.57. The molecule has 0 aliphatic heterocycles. The van der Waals surface area contributed by atoms with Gasteiger partial charge in [-0.25, -0.2) is 0 Å². The number of hydrogen-bond acceptors (Lipinski definition) is 2. The summed E-state index contributed by atoms with van der Waals surface area (Å²) in [6.07, 6.45) is 0.931. The summed E-state index contributed by atoms with van der Waals surface area (Å²) in [6.45, 7) is 2.66. The molecule has 0 saturated heterocycles. The Labute approximate surface area is 122 Å². The molecule has 100 valence electrons. The molecule has 0 aliphatic rings. The first kappa shape index (κ1) is 13.9. The minimum atomic E-state index is 0.550. The van der Waals surface area contributed by atoms with E-state index in [1.54, 1.807) is 7.11 Å². The monoisotopic (exact) mass is 320 g/mol. The van der Waals surface area contributed by atoms with E-state index in [-0.39, 0.29) is 0 Å². The summed E-state index contributed by atoms with van der Waals surface area (Å²) in [7, 11) is 1.68. The van der Waals surface area contributed by atoms with Crippen LogP contribution in [0.15, 0.2) is 46.9 Å². The molecule has 2 aromatic rings. The number of aryl methyl sites for hydroxylation is 1. The second kappa shape index (κ2) is 6.62. The molecule has 0 spiro atoms. The van der Waals surface area contributed by atoms with E-state index in [2.05, 4.69) is 28.9 Å². The highest BCUT2D eigenvalue weighted by atomic mass is 79.9. The van der Waals surface area contributed by atoms with Gasteiger partial charge >= 0.3 is 0 Å². The minimum Gasteiger partial charge on any atom is -0.496 e. The van der Waals surface area contributed by atoms with Gasteiger partial charge < -0.3 is 9.47 Å². The molecule has 2 rings (SSSR count). The normalized spacial score (nSPS) is 10.3. The number of benzene rings is 2. The van der Waals surface area contributed by atoms with Crippen molar-refractivity contribution in [2.24, 2.45) is 0 Å². The van der Waals surface area contributed by atoms with Crippen LogP contribution in [0.4, 0.5) is 0 Å². The number of hydrogen-bond donors (Lipinski definition) is 0. The lowest BCUT2D eigenvalue weighted by Gasteiger charge is -2.13. The third kappa shape index (κ3) is 3.51. The van der Waals surface area contributed by atoms with Gasteiger partial charge in [0.25, 0.3) is 0 Å². The molecule has 0 unspecified atom stereocenters. The summed E-state index contributed by atoms with van der Waals surface area (Å²) >= 11 is 3.54. The van der Waals surface area contributed by atoms with Crippen LogP contribution in [0.25, 0.3) is 0 Å². The summed E-state index contributed by atoms with van der Waals surface area (Å²) < 4.78 is 12.2. The van der Waals surface area contributed by atoms with Crippen molar-refractivity contribution in [3.05, 3.63) is 58.1 Å². The fourth-order valence-electron chi connectivity index (χ4n) is 1.89. The van der Waals surface area contributed by atoms with E-state index in [4.69, 9.17) is 9.47 Å². The molecular weight excluding hydrogens is 304 g/mol. The maximum atomic E-state index is 5.84. The molecule has 0 heterocycles. The highest BCUT2D eigenvalue weighted by Crippen LogP contribution is 2.33.